The lowest BCUT2D eigenvalue weighted by molar-refractivity contribution is 0.174. The van der Waals surface area contributed by atoms with E-state index in [-0.39, 0.29) is 6.79 Å². The number of halogens is 2. The summed E-state index contributed by atoms with van der Waals surface area (Å²) < 4.78 is 16.7. The zero-order valence-corrected chi connectivity index (χ0v) is 16.4. The molecule has 5 rings (SSSR count). The van der Waals surface area contributed by atoms with E-state index < -0.39 is 0 Å². The van der Waals surface area contributed by atoms with Gasteiger partial charge in [-0.2, -0.15) is 5.10 Å². The average Bonchev–Trinajstić information content (AvgIpc) is 3.39. The normalized spacial score (nSPS) is 12.9. The minimum Gasteiger partial charge on any atom is -0.455 e. The summed E-state index contributed by atoms with van der Waals surface area (Å²) in [5.74, 6) is 2.13. The Bertz CT molecular complexity index is 1180. The minimum atomic E-state index is 0.237. The zero-order valence-electron chi connectivity index (χ0n) is 14.1. The molecular weight excluding hydrogens is 421 g/mol. The van der Waals surface area contributed by atoms with Crippen LogP contribution in [0.2, 0.25) is 10.0 Å². The third kappa shape index (κ3) is 3.28. The standard InChI is InChI=1S/C19H11Cl2N3O3S/c20-12-2-1-10(13(21)5-12)7-23-24-19-22-8-18(28-19)17-4-11-3-15-16(26-9-25-15)6-14(11)27-17/h1-8H,9H2,(H,22,24)/b23-7+. The van der Waals surface area contributed by atoms with Gasteiger partial charge in [-0.1, -0.05) is 40.6 Å². The van der Waals surface area contributed by atoms with Crippen molar-refractivity contribution in [1.29, 1.82) is 0 Å². The lowest BCUT2D eigenvalue weighted by Gasteiger charge is -1.98. The van der Waals surface area contributed by atoms with E-state index in [0.29, 0.717) is 26.7 Å². The highest BCUT2D eigenvalue weighted by atomic mass is 35.5. The van der Waals surface area contributed by atoms with Gasteiger partial charge >= 0.3 is 0 Å². The predicted molar refractivity (Wildman–Crippen MR) is 111 cm³/mol. The number of thiazole rings is 1. The molecule has 0 radical (unpaired) electrons. The van der Waals surface area contributed by atoms with Crippen LogP contribution in [0.1, 0.15) is 5.56 Å². The molecule has 1 N–H and O–H groups in total. The molecule has 0 spiro atoms. The van der Waals surface area contributed by atoms with Crippen LogP contribution in [0.3, 0.4) is 0 Å². The predicted octanol–water partition coefficient (Wildman–Crippen LogP) is 6.04. The Morgan fingerprint density at radius 3 is 2.82 bits per heavy atom. The van der Waals surface area contributed by atoms with Crippen LogP contribution in [0.4, 0.5) is 5.13 Å². The van der Waals surface area contributed by atoms with Crippen molar-refractivity contribution in [2.45, 2.75) is 0 Å². The molecule has 1 aliphatic heterocycles. The van der Waals surface area contributed by atoms with Crippen LogP contribution in [-0.4, -0.2) is 18.0 Å². The van der Waals surface area contributed by atoms with Crippen LogP contribution >= 0.6 is 34.5 Å². The highest BCUT2D eigenvalue weighted by Crippen LogP contribution is 2.40. The van der Waals surface area contributed by atoms with E-state index in [9.17, 15) is 0 Å². The third-order valence-corrected chi connectivity index (χ3v) is 5.57. The number of nitrogens with zero attached hydrogens (tertiary/aromatic N) is 2. The lowest BCUT2D eigenvalue weighted by Crippen LogP contribution is -1.92. The molecule has 6 nitrogen and oxygen atoms in total. The third-order valence-electron chi connectivity index (χ3n) is 4.09. The summed E-state index contributed by atoms with van der Waals surface area (Å²) in [5, 5.41) is 6.85. The van der Waals surface area contributed by atoms with Gasteiger partial charge < -0.3 is 13.9 Å². The molecule has 0 atom stereocenters. The van der Waals surface area contributed by atoms with Gasteiger partial charge in [0.25, 0.3) is 0 Å². The Kier molecular flexibility index (Phi) is 4.35. The van der Waals surface area contributed by atoms with Crippen LogP contribution in [0.15, 0.2) is 52.1 Å². The van der Waals surface area contributed by atoms with E-state index in [1.807, 2.05) is 18.2 Å². The first kappa shape index (κ1) is 17.4. The molecule has 0 unspecified atom stereocenters. The number of benzene rings is 2. The number of nitrogens with one attached hydrogen (secondary N) is 1. The second-order valence-corrected chi connectivity index (χ2v) is 7.79. The molecule has 3 heterocycles. The number of furan rings is 1. The highest BCUT2D eigenvalue weighted by molar-refractivity contribution is 7.18. The second-order valence-electron chi connectivity index (χ2n) is 5.92. The van der Waals surface area contributed by atoms with Crippen molar-refractivity contribution >= 4 is 56.9 Å². The van der Waals surface area contributed by atoms with Crippen LogP contribution in [0.5, 0.6) is 11.5 Å². The summed E-state index contributed by atoms with van der Waals surface area (Å²) in [4.78, 5) is 5.20. The number of hydrogen-bond donors (Lipinski definition) is 1. The molecule has 140 valence electrons. The average molecular weight is 432 g/mol. The van der Waals surface area contributed by atoms with Crippen LogP contribution in [0, 0.1) is 0 Å². The molecule has 0 aliphatic carbocycles. The van der Waals surface area contributed by atoms with Gasteiger partial charge in [0.2, 0.25) is 11.9 Å². The van der Waals surface area contributed by atoms with Crippen LogP contribution in [-0.2, 0) is 0 Å². The van der Waals surface area contributed by atoms with Gasteiger partial charge in [-0.25, -0.2) is 4.98 Å². The molecule has 9 heteroatoms. The van der Waals surface area contributed by atoms with Gasteiger partial charge in [-0.05, 0) is 24.3 Å². The van der Waals surface area contributed by atoms with Gasteiger partial charge in [0.15, 0.2) is 11.5 Å². The first-order valence-electron chi connectivity index (χ1n) is 8.19. The summed E-state index contributed by atoms with van der Waals surface area (Å²) in [6.07, 6.45) is 3.35. The van der Waals surface area contributed by atoms with Gasteiger partial charge in [-0.15, -0.1) is 0 Å². The monoisotopic (exact) mass is 431 g/mol. The molecule has 2 aromatic heterocycles. The fraction of sp³-hybridized carbons (Fsp3) is 0.0526. The maximum atomic E-state index is 6.12. The molecule has 0 amide bonds. The molecule has 28 heavy (non-hydrogen) atoms. The molecule has 4 aromatic rings. The summed E-state index contributed by atoms with van der Waals surface area (Å²) in [6.45, 7) is 0.237. The van der Waals surface area contributed by atoms with Crippen LogP contribution in [0.25, 0.3) is 21.6 Å². The fourth-order valence-electron chi connectivity index (χ4n) is 2.75. The Balaban J connectivity index is 1.34. The molecule has 0 fully saturated rings. The number of rotatable bonds is 4. The number of anilines is 1. The highest BCUT2D eigenvalue weighted by Gasteiger charge is 2.17. The fourth-order valence-corrected chi connectivity index (χ4v) is 3.93. The quantitative estimate of drug-likeness (QED) is 0.315. The van der Waals surface area contributed by atoms with Crippen molar-refractivity contribution in [3.05, 3.63) is 58.2 Å². The molecule has 0 bridgehead atoms. The maximum Gasteiger partial charge on any atom is 0.231 e. The Hall–Kier alpha value is -2.74. The Morgan fingerprint density at radius 1 is 1.11 bits per heavy atom. The van der Waals surface area contributed by atoms with E-state index >= 15 is 0 Å². The summed E-state index contributed by atoms with van der Waals surface area (Å²) in [6, 6.07) is 10.9. The van der Waals surface area contributed by atoms with E-state index in [1.165, 1.54) is 11.3 Å². The molecule has 1 aliphatic rings. The van der Waals surface area contributed by atoms with Crippen LogP contribution < -0.4 is 14.9 Å². The lowest BCUT2D eigenvalue weighted by atomic mass is 10.2. The molecule has 0 saturated carbocycles. The second kappa shape index (κ2) is 7.01. The largest absolute Gasteiger partial charge is 0.455 e. The number of ether oxygens (including phenoxy) is 2. The molecular formula is C19H11Cl2N3O3S. The van der Waals surface area contributed by atoms with Gasteiger partial charge in [-0.3, -0.25) is 5.43 Å². The van der Waals surface area contributed by atoms with Crippen molar-refractivity contribution in [1.82, 2.24) is 4.98 Å². The number of hydrazone groups is 1. The minimum absolute atomic E-state index is 0.237. The van der Waals surface area contributed by atoms with Crippen molar-refractivity contribution in [2.24, 2.45) is 5.10 Å². The maximum absolute atomic E-state index is 6.12. The SMILES string of the molecule is Clc1ccc(/C=N/Nc2ncc(-c3cc4cc5c(cc4o3)OCO5)s2)c(Cl)c1. The van der Waals surface area contributed by atoms with Crippen molar-refractivity contribution in [3.63, 3.8) is 0 Å². The van der Waals surface area contributed by atoms with E-state index in [4.69, 9.17) is 37.1 Å². The summed E-state index contributed by atoms with van der Waals surface area (Å²) in [5.41, 5.74) is 4.39. The van der Waals surface area contributed by atoms with E-state index in [1.54, 1.807) is 30.6 Å². The van der Waals surface area contributed by atoms with Gasteiger partial charge in [0.1, 0.15) is 11.3 Å². The topological polar surface area (TPSA) is 68.9 Å². The van der Waals surface area contributed by atoms with E-state index in [0.717, 1.165) is 27.2 Å². The first-order chi connectivity index (χ1) is 13.7. The van der Waals surface area contributed by atoms with Gasteiger partial charge in [0.05, 0.1) is 22.3 Å². The molecule has 0 saturated heterocycles. The Labute approximate surface area is 173 Å². The number of aromatic nitrogens is 1. The first-order valence-corrected chi connectivity index (χ1v) is 9.76. The van der Waals surface area contributed by atoms with Gasteiger partial charge in [0, 0.05) is 22.0 Å². The van der Waals surface area contributed by atoms with Crippen molar-refractivity contribution in [2.75, 3.05) is 12.2 Å². The zero-order chi connectivity index (χ0) is 19.1. The summed E-state index contributed by atoms with van der Waals surface area (Å²) in [7, 11) is 0. The smallest absolute Gasteiger partial charge is 0.231 e. The van der Waals surface area contributed by atoms with Crippen molar-refractivity contribution < 1.29 is 13.9 Å². The van der Waals surface area contributed by atoms with Crippen molar-refractivity contribution in [3.8, 4) is 22.1 Å². The molecule has 2 aromatic carbocycles. The summed E-state index contributed by atoms with van der Waals surface area (Å²) >= 11 is 13.4. The Morgan fingerprint density at radius 2 is 1.96 bits per heavy atom. The van der Waals surface area contributed by atoms with E-state index in [2.05, 4.69) is 15.5 Å². The number of hydrogen-bond acceptors (Lipinski definition) is 7. The number of fused-ring (bicyclic) bond motifs is 2.